The van der Waals surface area contributed by atoms with Gasteiger partial charge in [0.1, 0.15) is 23.5 Å². The monoisotopic (exact) mass is 524 g/mol. The molecule has 1 saturated carbocycles. The Labute approximate surface area is 225 Å². The first-order chi connectivity index (χ1) is 17.6. The first-order valence-electron chi connectivity index (χ1n) is 13.6. The molecule has 0 bridgehead atoms. The largest absolute Gasteiger partial charge is 0.305 e. The standard InChI is InChI=1S/C31H38ClFN2O2/c1-20(2)5-12-28(24-8-6-22(19-36)7-9-24)35-30(37)29(25-17-26(32)10-11-27(33)18-25)34-31(35)15-13-23(14-16-31)21(3)4/h6-10,17-21,23,28H,5,11-16H2,1-4H3. The lowest BCUT2D eigenvalue weighted by atomic mass is 9.75. The second-order valence-electron chi connectivity index (χ2n) is 11.5. The Balaban J connectivity index is 1.80. The molecule has 0 saturated heterocycles. The van der Waals surface area contributed by atoms with E-state index in [-0.39, 0.29) is 24.2 Å². The third-order valence-electron chi connectivity index (χ3n) is 8.12. The van der Waals surface area contributed by atoms with Gasteiger partial charge in [-0.3, -0.25) is 14.6 Å². The van der Waals surface area contributed by atoms with Gasteiger partial charge in [-0.25, -0.2) is 4.39 Å². The van der Waals surface area contributed by atoms with Crippen molar-refractivity contribution in [1.82, 2.24) is 4.90 Å². The molecule has 0 radical (unpaired) electrons. The summed E-state index contributed by atoms with van der Waals surface area (Å²) in [4.78, 5) is 32.7. The number of halogens is 2. The Morgan fingerprint density at radius 1 is 1.11 bits per heavy atom. The first-order valence-corrected chi connectivity index (χ1v) is 13.9. The third-order valence-corrected chi connectivity index (χ3v) is 8.38. The number of hydrogen-bond donors (Lipinski definition) is 0. The maximum Gasteiger partial charge on any atom is 0.275 e. The van der Waals surface area contributed by atoms with Crippen LogP contribution in [0.15, 0.2) is 63.9 Å². The summed E-state index contributed by atoms with van der Waals surface area (Å²) in [5.41, 5.74) is 1.67. The molecule has 3 aliphatic rings. The van der Waals surface area contributed by atoms with Gasteiger partial charge in [-0.15, -0.1) is 0 Å². The summed E-state index contributed by atoms with van der Waals surface area (Å²) in [7, 11) is 0. The Morgan fingerprint density at radius 3 is 2.38 bits per heavy atom. The van der Waals surface area contributed by atoms with Crippen molar-refractivity contribution < 1.29 is 14.0 Å². The molecule has 37 heavy (non-hydrogen) atoms. The predicted octanol–water partition coefficient (Wildman–Crippen LogP) is 8.11. The summed E-state index contributed by atoms with van der Waals surface area (Å²) in [5, 5.41) is 0.409. The van der Waals surface area contributed by atoms with Crippen LogP contribution in [0.25, 0.3) is 0 Å². The van der Waals surface area contributed by atoms with Crippen molar-refractivity contribution in [3.63, 3.8) is 0 Å². The van der Waals surface area contributed by atoms with E-state index in [0.717, 1.165) is 50.4 Å². The van der Waals surface area contributed by atoms with Crippen molar-refractivity contribution in [2.45, 2.75) is 84.3 Å². The van der Waals surface area contributed by atoms with E-state index in [9.17, 15) is 14.0 Å². The predicted molar refractivity (Wildman–Crippen MR) is 148 cm³/mol. The van der Waals surface area contributed by atoms with Gasteiger partial charge in [0.15, 0.2) is 0 Å². The van der Waals surface area contributed by atoms with Crippen LogP contribution in [-0.2, 0) is 4.79 Å². The van der Waals surface area contributed by atoms with Crippen molar-refractivity contribution in [1.29, 1.82) is 0 Å². The molecule has 1 atom stereocenters. The van der Waals surface area contributed by atoms with Gasteiger partial charge in [-0.1, -0.05) is 69.6 Å². The number of nitrogens with zero attached hydrogens (tertiary/aromatic N) is 2. The van der Waals surface area contributed by atoms with E-state index in [0.29, 0.717) is 39.6 Å². The van der Waals surface area contributed by atoms with Crippen molar-refractivity contribution in [2.75, 3.05) is 0 Å². The molecule has 1 heterocycles. The summed E-state index contributed by atoms with van der Waals surface area (Å²) >= 11 is 6.32. The van der Waals surface area contributed by atoms with Gasteiger partial charge in [0.2, 0.25) is 0 Å². The van der Waals surface area contributed by atoms with Crippen LogP contribution >= 0.6 is 11.6 Å². The SMILES string of the molecule is CC(C)CCC(c1ccc(C=O)cc1)N1C(=O)C(C2=CC(Cl)=CCC(F)=C2)=NC12CCC(C(C)C)CC2. The summed E-state index contributed by atoms with van der Waals surface area (Å²) < 4.78 is 14.5. The van der Waals surface area contributed by atoms with Gasteiger partial charge in [0.25, 0.3) is 5.91 Å². The lowest BCUT2D eigenvalue weighted by Gasteiger charge is -2.46. The lowest BCUT2D eigenvalue weighted by Crippen LogP contribution is -2.51. The molecule has 1 aliphatic heterocycles. The van der Waals surface area contributed by atoms with E-state index < -0.39 is 5.66 Å². The highest BCUT2D eigenvalue weighted by Crippen LogP contribution is 2.48. The van der Waals surface area contributed by atoms with Crippen molar-refractivity contribution >= 4 is 29.5 Å². The number of benzene rings is 1. The van der Waals surface area contributed by atoms with Crippen LogP contribution in [0.5, 0.6) is 0 Å². The molecule has 4 nitrogen and oxygen atoms in total. The second-order valence-corrected chi connectivity index (χ2v) is 11.9. The molecule has 6 heteroatoms. The molecule has 4 rings (SSSR count). The number of aliphatic imine (C=N–C) groups is 1. The van der Waals surface area contributed by atoms with Crippen LogP contribution in [-0.4, -0.2) is 28.5 Å². The number of hydrogen-bond acceptors (Lipinski definition) is 3. The van der Waals surface area contributed by atoms with Crippen LogP contribution in [0, 0.1) is 17.8 Å². The van der Waals surface area contributed by atoms with E-state index in [1.54, 1.807) is 12.2 Å². The smallest absolute Gasteiger partial charge is 0.275 e. The fourth-order valence-corrected chi connectivity index (χ4v) is 6.09. The summed E-state index contributed by atoms with van der Waals surface area (Å²) in [6.07, 6.45) is 10.9. The topological polar surface area (TPSA) is 49.7 Å². The van der Waals surface area contributed by atoms with Gasteiger partial charge < -0.3 is 4.90 Å². The normalized spacial score (nSPS) is 25.1. The fraction of sp³-hybridized carbons (Fsp3) is 0.516. The number of aldehydes is 1. The van der Waals surface area contributed by atoms with E-state index in [4.69, 9.17) is 16.6 Å². The van der Waals surface area contributed by atoms with Crippen LogP contribution in [0.2, 0.25) is 0 Å². The van der Waals surface area contributed by atoms with Crippen LogP contribution < -0.4 is 0 Å². The van der Waals surface area contributed by atoms with Crippen molar-refractivity contribution in [3.8, 4) is 0 Å². The number of carbonyl (C=O) groups is 2. The number of amides is 1. The van der Waals surface area contributed by atoms with Gasteiger partial charge in [-0.2, -0.15) is 0 Å². The Kier molecular flexibility index (Phi) is 8.52. The van der Waals surface area contributed by atoms with Crippen LogP contribution in [0.1, 0.15) is 94.6 Å². The van der Waals surface area contributed by atoms with E-state index in [1.165, 1.54) is 6.08 Å². The quantitative estimate of drug-likeness (QED) is 0.322. The maximum atomic E-state index is 14.5. The average Bonchev–Trinajstić information content (AvgIpc) is 3.02. The van der Waals surface area contributed by atoms with Gasteiger partial charge in [0.05, 0.1) is 6.04 Å². The zero-order valence-corrected chi connectivity index (χ0v) is 23.1. The molecule has 1 aromatic carbocycles. The minimum atomic E-state index is -0.670. The zero-order chi connectivity index (χ0) is 26.7. The molecular weight excluding hydrogens is 487 g/mol. The van der Waals surface area contributed by atoms with E-state index in [1.807, 2.05) is 29.2 Å². The Morgan fingerprint density at radius 2 is 1.78 bits per heavy atom. The Hall–Kier alpha value is -2.53. The minimum absolute atomic E-state index is 0.103. The molecule has 0 N–H and O–H groups in total. The fourth-order valence-electron chi connectivity index (χ4n) is 5.90. The average molecular weight is 525 g/mol. The van der Waals surface area contributed by atoms with Gasteiger partial charge in [-0.05, 0) is 74.0 Å². The molecule has 0 aromatic heterocycles. The van der Waals surface area contributed by atoms with Crippen LogP contribution in [0.4, 0.5) is 4.39 Å². The zero-order valence-electron chi connectivity index (χ0n) is 22.3. The van der Waals surface area contributed by atoms with Gasteiger partial charge in [0, 0.05) is 22.6 Å². The molecule has 1 unspecified atom stereocenters. The molecule has 1 spiro atoms. The molecule has 198 valence electrons. The maximum absolute atomic E-state index is 14.5. The molecule has 2 aliphatic carbocycles. The van der Waals surface area contributed by atoms with E-state index in [2.05, 4.69) is 27.7 Å². The third kappa shape index (κ3) is 5.98. The highest BCUT2D eigenvalue weighted by molar-refractivity contribution is 6.48. The highest BCUT2D eigenvalue weighted by atomic mass is 35.5. The molecule has 1 amide bonds. The van der Waals surface area contributed by atoms with Crippen molar-refractivity contribution in [3.05, 3.63) is 70.1 Å². The molecular formula is C31H38ClFN2O2. The second kappa shape index (κ2) is 11.5. The van der Waals surface area contributed by atoms with Gasteiger partial charge >= 0.3 is 0 Å². The number of carbonyl (C=O) groups excluding carboxylic acids is 2. The van der Waals surface area contributed by atoms with Crippen LogP contribution in [0.3, 0.4) is 0 Å². The molecule has 1 aromatic rings. The highest BCUT2D eigenvalue weighted by Gasteiger charge is 2.52. The Bertz CT molecular complexity index is 1140. The number of rotatable bonds is 8. The molecule has 1 fully saturated rings. The lowest BCUT2D eigenvalue weighted by molar-refractivity contribution is -0.133. The van der Waals surface area contributed by atoms with Crippen molar-refractivity contribution in [2.24, 2.45) is 22.7 Å². The number of allylic oxidation sites excluding steroid dienone is 5. The first kappa shape index (κ1) is 27.5. The summed E-state index contributed by atoms with van der Waals surface area (Å²) in [6.45, 7) is 8.88. The minimum Gasteiger partial charge on any atom is -0.305 e. The summed E-state index contributed by atoms with van der Waals surface area (Å²) in [5.74, 6) is 1.12. The van der Waals surface area contributed by atoms with E-state index >= 15 is 0 Å². The summed E-state index contributed by atoms with van der Waals surface area (Å²) in [6, 6.07) is 7.34.